The van der Waals surface area contributed by atoms with Crippen LogP contribution in [0.1, 0.15) is 51.9 Å². The maximum absolute atomic E-state index is 13.8. The van der Waals surface area contributed by atoms with Crippen molar-refractivity contribution >= 4 is 17.8 Å². The summed E-state index contributed by atoms with van der Waals surface area (Å²) in [6.45, 7) is 10.9. The van der Waals surface area contributed by atoms with Crippen molar-refractivity contribution < 1.29 is 29.0 Å². The SMILES string of the molecule is C=CCCCOC(=O)[C@@H]1[C@H]2C(=O)N(CCCO)C(C(=O)N(CC=C)CCCC)C23CC[C@H]1O3. The molecular formula is C25H38N2O6. The van der Waals surface area contributed by atoms with Crippen LogP contribution in [0.15, 0.2) is 25.3 Å². The van der Waals surface area contributed by atoms with Crippen LogP contribution >= 0.6 is 0 Å². The highest BCUT2D eigenvalue weighted by Crippen LogP contribution is 2.58. The Hall–Kier alpha value is -2.19. The summed E-state index contributed by atoms with van der Waals surface area (Å²) in [5, 5.41) is 9.40. The zero-order chi connectivity index (χ0) is 24.0. The van der Waals surface area contributed by atoms with Crippen molar-refractivity contribution in [2.75, 3.05) is 32.8 Å². The molecule has 3 rings (SSSR count). The number of hydrogen-bond donors (Lipinski definition) is 1. The molecule has 3 aliphatic rings. The molecule has 0 aromatic heterocycles. The van der Waals surface area contributed by atoms with Gasteiger partial charge in [0.15, 0.2) is 0 Å². The van der Waals surface area contributed by atoms with Crippen molar-refractivity contribution in [3.8, 4) is 0 Å². The van der Waals surface area contributed by atoms with Crippen molar-refractivity contribution in [2.45, 2.75) is 69.6 Å². The Morgan fingerprint density at radius 2 is 2.09 bits per heavy atom. The van der Waals surface area contributed by atoms with Gasteiger partial charge in [-0.1, -0.05) is 25.5 Å². The third-order valence-electron chi connectivity index (χ3n) is 7.10. The molecule has 1 N–H and O–H groups in total. The van der Waals surface area contributed by atoms with Gasteiger partial charge in [-0.15, -0.1) is 13.2 Å². The number of ether oxygens (including phenoxy) is 2. The number of likely N-dealkylation sites (tertiary alicyclic amines) is 1. The van der Waals surface area contributed by atoms with Gasteiger partial charge < -0.3 is 24.4 Å². The molecule has 2 amide bonds. The monoisotopic (exact) mass is 462 g/mol. The van der Waals surface area contributed by atoms with E-state index < -0.39 is 35.6 Å². The van der Waals surface area contributed by atoms with E-state index in [0.29, 0.717) is 38.8 Å². The molecule has 1 spiro atoms. The summed E-state index contributed by atoms with van der Waals surface area (Å²) >= 11 is 0. The fourth-order valence-electron chi connectivity index (χ4n) is 5.65. The first-order valence-electron chi connectivity index (χ1n) is 12.2. The number of esters is 1. The molecule has 3 heterocycles. The zero-order valence-electron chi connectivity index (χ0n) is 19.7. The predicted molar refractivity (Wildman–Crippen MR) is 123 cm³/mol. The lowest BCUT2D eigenvalue weighted by Crippen LogP contribution is -2.56. The van der Waals surface area contributed by atoms with Gasteiger partial charge in [0.1, 0.15) is 11.6 Å². The van der Waals surface area contributed by atoms with Gasteiger partial charge in [0.2, 0.25) is 11.8 Å². The number of hydrogen-bond acceptors (Lipinski definition) is 6. The minimum Gasteiger partial charge on any atom is -0.465 e. The number of carbonyl (C=O) groups is 3. The lowest BCUT2D eigenvalue weighted by molar-refractivity contribution is -0.155. The summed E-state index contributed by atoms with van der Waals surface area (Å²) in [6.07, 6.45) is 7.77. The fraction of sp³-hybridized carbons (Fsp3) is 0.720. The van der Waals surface area contributed by atoms with Crippen molar-refractivity contribution in [1.82, 2.24) is 9.80 Å². The smallest absolute Gasteiger partial charge is 0.312 e. The van der Waals surface area contributed by atoms with Gasteiger partial charge in [0, 0.05) is 26.2 Å². The number of aliphatic hydroxyl groups is 1. The maximum atomic E-state index is 13.8. The van der Waals surface area contributed by atoms with E-state index in [0.717, 1.165) is 19.3 Å². The highest BCUT2D eigenvalue weighted by Gasteiger charge is 2.74. The molecule has 3 fully saturated rings. The van der Waals surface area contributed by atoms with E-state index in [2.05, 4.69) is 20.1 Å². The normalized spacial score (nSPS) is 29.8. The second-order valence-corrected chi connectivity index (χ2v) is 9.19. The molecule has 2 unspecified atom stereocenters. The third-order valence-corrected chi connectivity index (χ3v) is 7.10. The molecule has 3 saturated heterocycles. The van der Waals surface area contributed by atoms with E-state index in [-0.39, 0.29) is 31.6 Å². The van der Waals surface area contributed by atoms with Crippen LogP contribution in [0, 0.1) is 11.8 Å². The van der Waals surface area contributed by atoms with Gasteiger partial charge in [-0.2, -0.15) is 0 Å². The summed E-state index contributed by atoms with van der Waals surface area (Å²) in [5.41, 5.74) is -1.02. The van der Waals surface area contributed by atoms with Crippen LogP contribution in [0.4, 0.5) is 0 Å². The van der Waals surface area contributed by atoms with Crippen LogP contribution in [0.25, 0.3) is 0 Å². The van der Waals surface area contributed by atoms with Crippen molar-refractivity contribution in [1.29, 1.82) is 0 Å². The molecule has 0 radical (unpaired) electrons. The molecule has 0 saturated carbocycles. The number of unbranched alkanes of at least 4 members (excludes halogenated alkanes) is 2. The molecule has 0 aromatic carbocycles. The van der Waals surface area contributed by atoms with Crippen LogP contribution in [0.5, 0.6) is 0 Å². The van der Waals surface area contributed by atoms with E-state index >= 15 is 0 Å². The quantitative estimate of drug-likeness (QED) is 0.241. The third kappa shape index (κ3) is 4.73. The van der Waals surface area contributed by atoms with E-state index in [9.17, 15) is 19.5 Å². The summed E-state index contributed by atoms with van der Waals surface area (Å²) in [7, 11) is 0. The lowest BCUT2D eigenvalue weighted by Gasteiger charge is -2.36. The Balaban J connectivity index is 1.89. The van der Waals surface area contributed by atoms with Gasteiger partial charge in [-0.25, -0.2) is 0 Å². The van der Waals surface area contributed by atoms with E-state index in [4.69, 9.17) is 9.47 Å². The maximum Gasteiger partial charge on any atom is 0.312 e. The minimum absolute atomic E-state index is 0.0905. The van der Waals surface area contributed by atoms with Crippen LogP contribution in [0.3, 0.4) is 0 Å². The second kappa shape index (κ2) is 11.3. The average Bonchev–Trinajstić information content (AvgIpc) is 3.45. The minimum atomic E-state index is -1.02. The van der Waals surface area contributed by atoms with Gasteiger partial charge in [-0.05, 0) is 38.5 Å². The van der Waals surface area contributed by atoms with Gasteiger partial charge in [0.25, 0.3) is 0 Å². The molecule has 8 heteroatoms. The van der Waals surface area contributed by atoms with Gasteiger partial charge >= 0.3 is 5.97 Å². The van der Waals surface area contributed by atoms with Crippen LogP contribution in [-0.2, 0) is 23.9 Å². The first kappa shape index (κ1) is 25.4. The van der Waals surface area contributed by atoms with Crippen LogP contribution in [0.2, 0.25) is 0 Å². The standard InChI is InChI=1S/C25H38N2O6/c1-4-7-9-17-32-24(31)19-18-11-12-25(33-18)20(19)22(29)27(15-10-16-28)21(25)23(30)26(13-6-3)14-8-5-2/h4,6,18-21,28H,1,3,5,7-17H2,2H3/t18-,19+,20+,21?,25?/m1/s1. The highest BCUT2D eigenvalue weighted by molar-refractivity contribution is 5.98. The summed E-state index contributed by atoms with van der Waals surface area (Å²) < 4.78 is 11.9. The Morgan fingerprint density at radius 3 is 2.76 bits per heavy atom. The number of allylic oxidation sites excluding steroid dienone is 1. The molecule has 184 valence electrons. The molecule has 2 bridgehead atoms. The van der Waals surface area contributed by atoms with Gasteiger partial charge in [-0.3, -0.25) is 14.4 Å². The number of rotatable bonds is 14. The van der Waals surface area contributed by atoms with E-state index in [1.54, 1.807) is 22.0 Å². The molecule has 0 aliphatic carbocycles. The van der Waals surface area contributed by atoms with Crippen LogP contribution in [-0.4, -0.2) is 83.3 Å². The molecule has 3 aliphatic heterocycles. The topological polar surface area (TPSA) is 96.4 Å². The Labute approximate surface area is 196 Å². The fourth-order valence-corrected chi connectivity index (χ4v) is 5.65. The number of amides is 2. The molecule has 0 aromatic rings. The van der Waals surface area contributed by atoms with Crippen LogP contribution < -0.4 is 0 Å². The average molecular weight is 463 g/mol. The van der Waals surface area contributed by atoms with Gasteiger partial charge in [0.05, 0.1) is 24.5 Å². The molecular weight excluding hydrogens is 424 g/mol. The molecule has 33 heavy (non-hydrogen) atoms. The highest BCUT2D eigenvalue weighted by atomic mass is 16.6. The number of aliphatic hydroxyl groups excluding tert-OH is 1. The van der Waals surface area contributed by atoms with Crippen molar-refractivity contribution in [3.05, 3.63) is 25.3 Å². The Bertz CT molecular complexity index is 755. The first-order valence-corrected chi connectivity index (χ1v) is 12.2. The first-order chi connectivity index (χ1) is 16.0. The number of carbonyl (C=O) groups excluding carboxylic acids is 3. The predicted octanol–water partition coefficient (Wildman–Crippen LogP) is 2.07. The summed E-state index contributed by atoms with van der Waals surface area (Å²) in [5.74, 6) is -2.27. The zero-order valence-corrected chi connectivity index (χ0v) is 19.7. The number of fused-ring (bicyclic) bond motifs is 1. The van der Waals surface area contributed by atoms with Crippen molar-refractivity contribution in [2.24, 2.45) is 11.8 Å². The lowest BCUT2D eigenvalue weighted by atomic mass is 9.70. The molecule has 8 nitrogen and oxygen atoms in total. The van der Waals surface area contributed by atoms with E-state index in [1.807, 2.05) is 0 Å². The summed E-state index contributed by atoms with van der Waals surface area (Å²) in [4.78, 5) is 43.7. The summed E-state index contributed by atoms with van der Waals surface area (Å²) in [6, 6.07) is -0.804. The number of nitrogens with zero attached hydrogens (tertiary/aromatic N) is 2. The second-order valence-electron chi connectivity index (χ2n) is 9.19. The Kier molecular flexibility index (Phi) is 8.70. The largest absolute Gasteiger partial charge is 0.465 e. The van der Waals surface area contributed by atoms with Crippen molar-refractivity contribution in [3.63, 3.8) is 0 Å². The Morgan fingerprint density at radius 1 is 1.30 bits per heavy atom. The molecule has 5 atom stereocenters. The van der Waals surface area contributed by atoms with E-state index in [1.165, 1.54) is 0 Å².